The number of hydrogen-bond acceptors (Lipinski definition) is 3. The van der Waals surface area contributed by atoms with Crippen molar-refractivity contribution in [1.82, 2.24) is 0 Å². The number of rotatable bonds is 6. The second kappa shape index (κ2) is 6.51. The molecule has 17 heavy (non-hydrogen) atoms. The zero-order chi connectivity index (χ0) is 12.7. The molecule has 1 aromatic carbocycles. The third kappa shape index (κ3) is 3.20. The molecule has 0 bridgehead atoms. The number of benzene rings is 1. The summed E-state index contributed by atoms with van der Waals surface area (Å²) < 4.78 is 0. The number of hydrogen-bond donors (Lipinski definition) is 1. The highest BCUT2D eigenvalue weighted by Gasteiger charge is 2.09. The Morgan fingerprint density at radius 3 is 2.41 bits per heavy atom. The molecule has 0 unspecified atom stereocenters. The average molecular weight is 228 g/mol. The van der Waals surface area contributed by atoms with Gasteiger partial charge in [-0.1, -0.05) is 18.2 Å². The summed E-state index contributed by atoms with van der Waals surface area (Å²) in [7, 11) is 0. The van der Waals surface area contributed by atoms with Crippen LogP contribution in [0.25, 0.3) is 0 Å². The van der Waals surface area contributed by atoms with Crippen molar-refractivity contribution in [2.75, 3.05) is 18.0 Å². The summed E-state index contributed by atoms with van der Waals surface area (Å²) >= 11 is 0. The fourth-order valence-corrected chi connectivity index (χ4v) is 1.63. The van der Waals surface area contributed by atoms with Gasteiger partial charge in [-0.15, -0.1) is 13.2 Å². The van der Waals surface area contributed by atoms with Crippen molar-refractivity contribution in [2.45, 2.75) is 6.61 Å². The second-order valence-corrected chi connectivity index (χ2v) is 3.60. The molecule has 0 aliphatic carbocycles. The van der Waals surface area contributed by atoms with Crippen molar-refractivity contribution in [3.05, 3.63) is 54.6 Å². The maximum absolute atomic E-state index is 9.11. The maximum atomic E-state index is 9.11. The van der Waals surface area contributed by atoms with E-state index in [9.17, 15) is 0 Å². The van der Waals surface area contributed by atoms with Crippen LogP contribution in [0.4, 0.5) is 5.69 Å². The van der Waals surface area contributed by atoms with Gasteiger partial charge in [0.15, 0.2) is 0 Å². The molecule has 3 heteroatoms. The van der Waals surface area contributed by atoms with Crippen LogP contribution in [0.15, 0.2) is 43.5 Å². The van der Waals surface area contributed by atoms with E-state index in [-0.39, 0.29) is 6.61 Å². The minimum Gasteiger partial charge on any atom is -0.392 e. The van der Waals surface area contributed by atoms with E-state index in [1.165, 1.54) is 0 Å². The van der Waals surface area contributed by atoms with Gasteiger partial charge in [-0.25, -0.2) is 0 Å². The molecule has 0 aliphatic heterocycles. The lowest BCUT2D eigenvalue weighted by atomic mass is 10.1. The number of aliphatic hydroxyl groups is 1. The van der Waals surface area contributed by atoms with E-state index in [1.807, 2.05) is 17.0 Å². The molecule has 1 rings (SSSR count). The van der Waals surface area contributed by atoms with Crippen LogP contribution in [0.3, 0.4) is 0 Å². The lowest BCUT2D eigenvalue weighted by molar-refractivity contribution is 0.282. The molecule has 0 saturated carbocycles. The quantitative estimate of drug-likeness (QED) is 0.759. The number of nitriles is 1. The first kappa shape index (κ1) is 13.0. The highest BCUT2D eigenvalue weighted by molar-refractivity contribution is 5.61. The Balaban J connectivity index is 3.13. The zero-order valence-corrected chi connectivity index (χ0v) is 9.76. The van der Waals surface area contributed by atoms with Crippen LogP contribution in [-0.2, 0) is 6.61 Å². The Morgan fingerprint density at radius 2 is 1.94 bits per heavy atom. The SMILES string of the molecule is C=CCN(CC=C)c1ccc(CO)cc1C#N. The first-order valence-electron chi connectivity index (χ1n) is 5.37. The number of anilines is 1. The molecular formula is C14H16N2O. The van der Waals surface area contributed by atoms with Gasteiger partial charge in [0.25, 0.3) is 0 Å². The lowest BCUT2D eigenvalue weighted by Crippen LogP contribution is -2.24. The van der Waals surface area contributed by atoms with Gasteiger partial charge < -0.3 is 10.0 Å². The summed E-state index contributed by atoms with van der Waals surface area (Å²) in [6, 6.07) is 7.51. The van der Waals surface area contributed by atoms with Gasteiger partial charge in [-0.05, 0) is 17.7 Å². The Hall–Kier alpha value is -2.05. The topological polar surface area (TPSA) is 47.3 Å². The van der Waals surface area contributed by atoms with Crippen LogP contribution in [-0.4, -0.2) is 18.2 Å². The Kier molecular flexibility index (Phi) is 4.99. The predicted octanol–water partition coefficient (Wildman–Crippen LogP) is 2.23. The third-order valence-electron chi connectivity index (χ3n) is 2.40. The van der Waals surface area contributed by atoms with Gasteiger partial charge in [0.1, 0.15) is 6.07 Å². The molecule has 1 N–H and O–H groups in total. The molecule has 3 nitrogen and oxygen atoms in total. The molecule has 0 heterocycles. The standard InChI is InChI=1S/C14H16N2O/c1-3-7-16(8-4-2)14-6-5-12(11-17)9-13(14)10-15/h3-6,9,17H,1-2,7-8,11H2. The zero-order valence-electron chi connectivity index (χ0n) is 9.76. The van der Waals surface area contributed by atoms with E-state index in [1.54, 1.807) is 18.2 Å². The highest BCUT2D eigenvalue weighted by Crippen LogP contribution is 2.21. The van der Waals surface area contributed by atoms with E-state index in [2.05, 4.69) is 19.2 Å². The summed E-state index contributed by atoms with van der Waals surface area (Å²) in [5.41, 5.74) is 2.13. The van der Waals surface area contributed by atoms with Crippen LogP contribution in [0.5, 0.6) is 0 Å². The minimum atomic E-state index is -0.0577. The maximum Gasteiger partial charge on any atom is 0.101 e. The second-order valence-electron chi connectivity index (χ2n) is 3.60. The van der Waals surface area contributed by atoms with Crippen LogP contribution in [0, 0.1) is 11.3 Å². The largest absolute Gasteiger partial charge is 0.392 e. The molecule has 0 radical (unpaired) electrons. The normalized spacial score (nSPS) is 9.41. The monoisotopic (exact) mass is 228 g/mol. The predicted molar refractivity (Wildman–Crippen MR) is 69.7 cm³/mol. The minimum absolute atomic E-state index is 0.0577. The van der Waals surface area contributed by atoms with Crippen molar-refractivity contribution in [3.8, 4) is 6.07 Å². The fourth-order valence-electron chi connectivity index (χ4n) is 1.63. The van der Waals surface area contributed by atoms with Gasteiger partial charge in [-0.3, -0.25) is 0 Å². The molecule has 0 amide bonds. The Morgan fingerprint density at radius 1 is 1.29 bits per heavy atom. The van der Waals surface area contributed by atoms with E-state index in [0.29, 0.717) is 18.7 Å². The third-order valence-corrected chi connectivity index (χ3v) is 2.40. The van der Waals surface area contributed by atoms with Crippen LogP contribution in [0.2, 0.25) is 0 Å². The molecular weight excluding hydrogens is 212 g/mol. The van der Waals surface area contributed by atoms with Crippen LogP contribution < -0.4 is 4.90 Å². The Bertz CT molecular complexity index is 436. The number of aliphatic hydroxyl groups excluding tert-OH is 1. The molecule has 0 atom stereocenters. The van der Waals surface area contributed by atoms with Crippen molar-refractivity contribution in [3.63, 3.8) is 0 Å². The molecule has 1 aromatic rings. The van der Waals surface area contributed by atoms with E-state index in [0.717, 1.165) is 11.3 Å². The van der Waals surface area contributed by atoms with Crippen molar-refractivity contribution in [1.29, 1.82) is 5.26 Å². The molecule has 0 spiro atoms. The Labute approximate surface area is 102 Å². The van der Waals surface area contributed by atoms with Crippen molar-refractivity contribution in [2.24, 2.45) is 0 Å². The van der Waals surface area contributed by atoms with Crippen LogP contribution in [0.1, 0.15) is 11.1 Å². The summed E-state index contributed by atoms with van der Waals surface area (Å²) in [6.07, 6.45) is 3.56. The van der Waals surface area contributed by atoms with Crippen molar-refractivity contribution >= 4 is 5.69 Å². The van der Waals surface area contributed by atoms with Gasteiger partial charge in [0.2, 0.25) is 0 Å². The fraction of sp³-hybridized carbons (Fsp3) is 0.214. The van der Waals surface area contributed by atoms with Gasteiger partial charge in [0, 0.05) is 13.1 Å². The van der Waals surface area contributed by atoms with Gasteiger partial charge in [0.05, 0.1) is 17.9 Å². The van der Waals surface area contributed by atoms with E-state index >= 15 is 0 Å². The first-order valence-corrected chi connectivity index (χ1v) is 5.37. The van der Waals surface area contributed by atoms with Gasteiger partial charge in [-0.2, -0.15) is 5.26 Å². The molecule has 0 saturated heterocycles. The molecule has 88 valence electrons. The summed E-state index contributed by atoms with van der Waals surface area (Å²) in [5, 5.41) is 18.2. The highest BCUT2D eigenvalue weighted by atomic mass is 16.3. The lowest BCUT2D eigenvalue weighted by Gasteiger charge is -2.23. The van der Waals surface area contributed by atoms with Crippen molar-refractivity contribution < 1.29 is 5.11 Å². The summed E-state index contributed by atoms with van der Waals surface area (Å²) in [4.78, 5) is 2.00. The molecule has 0 aliphatic rings. The summed E-state index contributed by atoms with van der Waals surface area (Å²) in [6.45, 7) is 8.64. The van der Waals surface area contributed by atoms with Gasteiger partial charge >= 0.3 is 0 Å². The van der Waals surface area contributed by atoms with E-state index in [4.69, 9.17) is 10.4 Å². The van der Waals surface area contributed by atoms with E-state index < -0.39 is 0 Å². The molecule has 0 fully saturated rings. The molecule has 0 aromatic heterocycles. The summed E-state index contributed by atoms with van der Waals surface area (Å²) in [5.74, 6) is 0. The number of nitrogens with zero attached hydrogens (tertiary/aromatic N) is 2. The van der Waals surface area contributed by atoms with Crippen LogP contribution >= 0.6 is 0 Å². The smallest absolute Gasteiger partial charge is 0.101 e. The first-order chi connectivity index (χ1) is 8.26. The average Bonchev–Trinajstić information content (AvgIpc) is 2.37.